The number of aromatic carboxylic acids is 1. The fourth-order valence-electron chi connectivity index (χ4n) is 3.82. The van der Waals surface area contributed by atoms with Crippen molar-refractivity contribution in [1.29, 1.82) is 0 Å². The molecule has 166 valence electrons. The van der Waals surface area contributed by atoms with Crippen molar-refractivity contribution in [3.8, 4) is 11.8 Å². The third-order valence-corrected chi connectivity index (χ3v) is 6.18. The monoisotopic (exact) mass is 429 g/mol. The molecule has 4 nitrogen and oxygen atoms in total. The van der Waals surface area contributed by atoms with Gasteiger partial charge in [-0.25, -0.2) is 4.79 Å². The van der Waals surface area contributed by atoms with E-state index >= 15 is 0 Å². The normalized spacial score (nSPS) is 17.8. The molecule has 1 N–H and O–H groups in total. The minimum Gasteiger partial charge on any atom is -0.478 e. The summed E-state index contributed by atoms with van der Waals surface area (Å²) in [5, 5.41) is 9.02. The smallest absolute Gasteiger partial charge is 0.335 e. The maximum absolute atomic E-state index is 12.4. The van der Waals surface area contributed by atoms with Gasteiger partial charge in [-0.15, -0.1) is 0 Å². The molecule has 1 aliphatic rings. The highest BCUT2D eigenvalue weighted by atomic mass is 16.4. The third-order valence-electron chi connectivity index (χ3n) is 6.18. The standard InChI is InChI=1S/C28H31NO3/c1-21(7-6-10-23-8-4-3-5-9-23)22(2)11-16-26-17-18-27(30)29(26)20-19-24-12-14-25(15-13-24)28(31)32/h3-5,8-9,11-16,21-22,26H,7,17-20H2,1-2H3,(H,31,32)/b16-11+/t21?,22-,26-/m0/s1. The molecule has 1 saturated heterocycles. The summed E-state index contributed by atoms with van der Waals surface area (Å²) in [4.78, 5) is 25.3. The fraction of sp³-hybridized carbons (Fsp3) is 0.357. The van der Waals surface area contributed by atoms with Crippen LogP contribution < -0.4 is 0 Å². The lowest BCUT2D eigenvalue weighted by atomic mass is 9.92. The fourth-order valence-corrected chi connectivity index (χ4v) is 3.82. The molecule has 0 aliphatic carbocycles. The Morgan fingerprint density at radius 2 is 1.88 bits per heavy atom. The lowest BCUT2D eigenvalue weighted by Crippen LogP contribution is -2.33. The number of hydrogen-bond donors (Lipinski definition) is 1. The summed E-state index contributed by atoms with van der Waals surface area (Å²) in [5.74, 6) is 6.59. The number of benzene rings is 2. The summed E-state index contributed by atoms with van der Waals surface area (Å²) in [6, 6.07) is 17.1. The first-order valence-corrected chi connectivity index (χ1v) is 11.3. The molecule has 1 fully saturated rings. The average molecular weight is 430 g/mol. The second-order valence-electron chi connectivity index (χ2n) is 8.54. The minimum atomic E-state index is -0.925. The van der Waals surface area contributed by atoms with E-state index in [9.17, 15) is 9.59 Å². The zero-order chi connectivity index (χ0) is 22.9. The Hall–Kier alpha value is -3.32. The van der Waals surface area contributed by atoms with Gasteiger partial charge in [-0.2, -0.15) is 0 Å². The van der Waals surface area contributed by atoms with Crippen molar-refractivity contribution in [1.82, 2.24) is 4.90 Å². The number of nitrogens with zero attached hydrogens (tertiary/aromatic N) is 1. The molecular weight excluding hydrogens is 398 g/mol. The largest absolute Gasteiger partial charge is 0.478 e. The predicted octanol–water partition coefficient (Wildman–Crippen LogP) is 5.19. The zero-order valence-electron chi connectivity index (χ0n) is 18.8. The van der Waals surface area contributed by atoms with Crippen LogP contribution in [0.1, 0.15) is 54.6 Å². The molecule has 1 unspecified atom stereocenters. The van der Waals surface area contributed by atoms with Crippen LogP contribution in [0.3, 0.4) is 0 Å². The molecule has 0 bridgehead atoms. The van der Waals surface area contributed by atoms with Gasteiger partial charge in [-0.3, -0.25) is 4.79 Å². The quantitative estimate of drug-likeness (QED) is 0.464. The first-order valence-electron chi connectivity index (χ1n) is 11.3. The van der Waals surface area contributed by atoms with E-state index in [1.807, 2.05) is 47.4 Å². The van der Waals surface area contributed by atoms with Crippen molar-refractivity contribution in [2.24, 2.45) is 11.8 Å². The van der Waals surface area contributed by atoms with Crippen LogP contribution in [0.25, 0.3) is 0 Å². The molecule has 1 amide bonds. The highest BCUT2D eigenvalue weighted by Gasteiger charge is 2.28. The van der Waals surface area contributed by atoms with Crippen molar-refractivity contribution in [2.45, 2.75) is 45.6 Å². The van der Waals surface area contributed by atoms with E-state index in [-0.39, 0.29) is 17.5 Å². The predicted molar refractivity (Wildman–Crippen MR) is 127 cm³/mol. The summed E-state index contributed by atoms with van der Waals surface area (Å²) in [5.41, 5.74) is 2.36. The van der Waals surface area contributed by atoms with Gasteiger partial charge in [0.25, 0.3) is 0 Å². The van der Waals surface area contributed by atoms with Crippen LogP contribution in [-0.4, -0.2) is 34.5 Å². The Kier molecular flexibility index (Phi) is 8.27. The van der Waals surface area contributed by atoms with E-state index in [1.54, 1.807) is 12.1 Å². The number of carbonyl (C=O) groups is 2. The Labute approximate surface area is 191 Å². The SMILES string of the molecule is CC(CC#Cc1ccccc1)[C@@H](C)/C=C/[C@H]1CCC(=O)N1CCc1ccc(C(=O)O)cc1. The second kappa shape index (κ2) is 11.3. The van der Waals surface area contributed by atoms with Crippen molar-refractivity contribution in [3.05, 3.63) is 83.4 Å². The van der Waals surface area contributed by atoms with Gasteiger partial charge in [0.2, 0.25) is 5.91 Å². The Morgan fingerprint density at radius 3 is 2.56 bits per heavy atom. The number of amides is 1. The molecule has 0 radical (unpaired) electrons. The number of carboxylic acid groups (broad SMARTS) is 1. The number of rotatable bonds is 8. The molecular formula is C28H31NO3. The van der Waals surface area contributed by atoms with E-state index in [0.29, 0.717) is 24.8 Å². The van der Waals surface area contributed by atoms with Crippen LogP contribution in [-0.2, 0) is 11.2 Å². The molecule has 2 aromatic carbocycles. The molecule has 4 heteroatoms. The van der Waals surface area contributed by atoms with Crippen molar-refractivity contribution in [2.75, 3.05) is 6.54 Å². The van der Waals surface area contributed by atoms with E-state index in [4.69, 9.17) is 5.11 Å². The molecule has 0 saturated carbocycles. The number of allylic oxidation sites excluding steroid dienone is 1. The topological polar surface area (TPSA) is 57.6 Å². The number of carbonyl (C=O) groups excluding carboxylic acids is 1. The highest BCUT2D eigenvalue weighted by Crippen LogP contribution is 2.23. The number of likely N-dealkylation sites (tertiary alicyclic amines) is 1. The minimum absolute atomic E-state index is 0.130. The maximum Gasteiger partial charge on any atom is 0.335 e. The maximum atomic E-state index is 12.4. The van der Waals surface area contributed by atoms with Gasteiger partial charge in [0.15, 0.2) is 0 Å². The average Bonchev–Trinajstić information content (AvgIpc) is 3.16. The Morgan fingerprint density at radius 1 is 1.16 bits per heavy atom. The van der Waals surface area contributed by atoms with Crippen LogP contribution in [0.15, 0.2) is 66.7 Å². The summed E-state index contributed by atoms with van der Waals surface area (Å²) in [6.07, 6.45) is 7.40. The molecule has 0 aromatic heterocycles. The van der Waals surface area contributed by atoms with Crippen LogP contribution in [0, 0.1) is 23.7 Å². The van der Waals surface area contributed by atoms with Gasteiger partial charge in [0, 0.05) is 24.9 Å². The molecule has 32 heavy (non-hydrogen) atoms. The van der Waals surface area contributed by atoms with Crippen molar-refractivity contribution >= 4 is 11.9 Å². The number of hydrogen-bond acceptors (Lipinski definition) is 2. The van der Waals surface area contributed by atoms with Crippen LogP contribution in [0.4, 0.5) is 0 Å². The van der Waals surface area contributed by atoms with E-state index in [2.05, 4.69) is 37.8 Å². The van der Waals surface area contributed by atoms with E-state index < -0.39 is 5.97 Å². The van der Waals surface area contributed by atoms with Gasteiger partial charge in [0.1, 0.15) is 0 Å². The molecule has 2 aromatic rings. The first-order chi connectivity index (χ1) is 15.4. The molecule has 3 atom stereocenters. The highest BCUT2D eigenvalue weighted by molar-refractivity contribution is 5.87. The molecule has 1 heterocycles. The Bertz CT molecular complexity index is 998. The lowest BCUT2D eigenvalue weighted by molar-refractivity contribution is -0.128. The summed E-state index contributed by atoms with van der Waals surface area (Å²) in [7, 11) is 0. The van der Waals surface area contributed by atoms with Gasteiger partial charge < -0.3 is 10.0 Å². The van der Waals surface area contributed by atoms with Crippen molar-refractivity contribution < 1.29 is 14.7 Å². The van der Waals surface area contributed by atoms with Crippen LogP contribution in [0.5, 0.6) is 0 Å². The third kappa shape index (κ3) is 6.59. The number of carboxylic acids is 1. The second-order valence-corrected chi connectivity index (χ2v) is 8.54. The van der Waals surface area contributed by atoms with Gasteiger partial charge in [-0.05, 0) is 54.5 Å². The van der Waals surface area contributed by atoms with Crippen LogP contribution in [0.2, 0.25) is 0 Å². The first kappa shape index (κ1) is 23.3. The van der Waals surface area contributed by atoms with Crippen LogP contribution >= 0.6 is 0 Å². The summed E-state index contributed by atoms with van der Waals surface area (Å²) in [6.45, 7) is 5.07. The van der Waals surface area contributed by atoms with Gasteiger partial charge in [0.05, 0.1) is 11.6 Å². The summed E-state index contributed by atoms with van der Waals surface area (Å²) < 4.78 is 0. The van der Waals surface area contributed by atoms with E-state index in [0.717, 1.165) is 30.4 Å². The molecule has 0 spiro atoms. The van der Waals surface area contributed by atoms with Crippen molar-refractivity contribution in [3.63, 3.8) is 0 Å². The molecule has 3 rings (SSSR count). The van der Waals surface area contributed by atoms with Gasteiger partial charge >= 0.3 is 5.97 Å². The zero-order valence-corrected chi connectivity index (χ0v) is 18.8. The Balaban J connectivity index is 1.52. The van der Waals surface area contributed by atoms with Gasteiger partial charge in [-0.1, -0.05) is 68.2 Å². The lowest BCUT2D eigenvalue weighted by Gasteiger charge is -2.23. The summed E-state index contributed by atoms with van der Waals surface area (Å²) >= 11 is 0. The van der Waals surface area contributed by atoms with E-state index in [1.165, 1.54) is 0 Å². The molecule has 1 aliphatic heterocycles.